The molecular formula is C26H21ClN2O3. The van der Waals surface area contributed by atoms with Crippen LogP contribution in [0.4, 0.5) is 11.4 Å². The van der Waals surface area contributed by atoms with Gasteiger partial charge in [-0.05, 0) is 48.7 Å². The molecule has 6 heteroatoms. The standard InChI is InChI=1S/C26H21ClN2O3/c1-16-7-9-18(10-8-16)23-24(28-14-13-17-5-3-4-6-21(17)28)26(31)29(25(23)30)19-11-12-22(32-2)20(27)15-19/h3-12,15H,13-14H2,1-2H3. The Morgan fingerprint density at radius 2 is 1.69 bits per heavy atom. The molecule has 0 aromatic heterocycles. The topological polar surface area (TPSA) is 49.9 Å². The molecule has 2 aliphatic rings. The van der Waals surface area contributed by atoms with E-state index in [1.54, 1.807) is 18.2 Å². The average Bonchev–Trinajstić information content (AvgIpc) is 3.32. The van der Waals surface area contributed by atoms with E-state index in [-0.39, 0.29) is 11.8 Å². The SMILES string of the molecule is COc1ccc(N2C(=O)C(c3ccc(C)cc3)=C(N3CCc4ccccc43)C2=O)cc1Cl. The lowest BCUT2D eigenvalue weighted by molar-refractivity contribution is -0.120. The summed E-state index contributed by atoms with van der Waals surface area (Å²) in [7, 11) is 1.52. The summed E-state index contributed by atoms with van der Waals surface area (Å²) in [4.78, 5) is 30.6. The van der Waals surface area contributed by atoms with Crippen molar-refractivity contribution in [2.45, 2.75) is 13.3 Å². The van der Waals surface area contributed by atoms with Gasteiger partial charge in [0.15, 0.2) is 0 Å². The zero-order chi connectivity index (χ0) is 22.4. The van der Waals surface area contributed by atoms with Crippen molar-refractivity contribution >= 4 is 40.4 Å². The molecule has 5 rings (SSSR count). The van der Waals surface area contributed by atoms with Crippen LogP contribution in [0.2, 0.25) is 5.02 Å². The Morgan fingerprint density at radius 3 is 2.41 bits per heavy atom. The summed E-state index contributed by atoms with van der Waals surface area (Å²) in [6.45, 7) is 2.63. The lowest BCUT2D eigenvalue weighted by Crippen LogP contribution is -2.34. The molecule has 0 unspecified atom stereocenters. The molecular weight excluding hydrogens is 424 g/mol. The zero-order valence-electron chi connectivity index (χ0n) is 17.8. The highest BCUT2D eigenvalue weighted by molar-refractivity contribution is 6.46. The monoisotopic (exact) mass is 444 g/mol. The summed E-state index contributed by atoms with van der Waals surface area (Å²) >= 11 is 6.31. The van der Waals surface area contributed by atoms with E-state index in [9.17, 15) is 9.59 Å². The normalized spacial score (nSPS) is 15.6. The number of ether oxygens (including phenoxy) is 1. The predicted octanol–water partition coefficient (Wildman–Crippen LogP) is 5.00. The first-order chi connectivity index (χ1) is 15.5. The number of carbonyl (C=O) groups is 2. The van der Waals surface area contributed by atoms with Crippen LogP contribution in [0.1, 0.15) is 16.7 Å². The van der Waals surface area contributed by atoms with Crippen LogP contribution in [0.15, 0.2) is 72.4 Å². The third kappa shape index (κ3) is 3.17. The Hall–Kier alpha value is -3.57. The smallest absolute Gasteiger partial charge is 0.282 e. The van der Waals surface area contributed by atoms with Crippen LogP contribution in [-0.2, 0) is 16.0 Å². The molecule has 5 nitrogen and oxygen atoms in total. The van der Waals surface area contributed by atoms with E-state index in [1.165, 1.54) is 12.0 Å². The van der Waals surface area contributed by atoms with Crippen molar-refractivity contribution in [3.8, 4) is 5.75 Å². The van der Waals surface area contributed by atoms with E-state index in [2.05, 4.69) is 6.07 Å². The van der Waals surface area contributed by atoms with Gasteiger partial charge in [-0.3, -0.25) is 9.59 Å². The minimum absolute atomic E-state index is 0.336. The maximum atomic E-state index is 13.8. The molecule has 2 aliphatic heterocycles. The van der Waals surface area contributed by atoms with E-state index in [4.69, 9.17) is 16.3 Å². The molecule has 0 saturated carbocycles. The number of methoxy groups -OCH3 is 1. The number of rotatable bonds is 4. The predicted molar refractivity (Wildman–Crippen MR) is 126 cm³/mol. The molecule has 0 saturated heterocycles. The van der Waals surface area contributed by atoms with Crippen molar-refractivity contribution in [2.75, 3.05) is 23.5 Å². The Bertz CT molecular complexity index is 1280. The third-order valence-corrected chi connectivity index (χ3v) is 6.25. The largest absolute Gasteiger partial charge is 0.495 e. The first-order valence-corrected chi connectivity index (χ1v) is 10.8. The average molecular weight is 445 g/mol. The summed E-state index contributed by atoms with van der Waals surface area (Å²) in [5.74, 6) is -0.238. The van der Waals surface area contributed by atoms with Gasteiger partial charge in [-0.25, -0.2) is 4.90 Å². The Balaban J connectivity index is 1.66. The van der Waals surface area contributed by atoms with Gasteiger partial charge in [0.1, 0.15) is 11.4 Å². The number of hydrogen-bond donors (Lipinski definition) is 0. The minimum Gasteiger partial charge on any atom is -0.495 e. The van der Waals surface area contributed by atoms with E-state index in [1.807, 2.05) is 54.3 Å². The molecule has 0 aliphatic carbocycles. The van der Waals surface area contributed by atoms with Crippen LogP contribution in [-0.4, -0.2) is 25.5 Å². The van der Waals surface area contributed by atoms with Gasteiger partial charge in [0.25, 0.3) is 11.8 Å². The number of amides is 2. The molecule has 0 N–H and O–H groups in total. The first-order valence-electron chi connectivity index (χ1n) is 10.4. The van der Waals surface area contributed by atoms with Gasteiger partial charge in [-0.15, -0.1) is 0 Å². The summed E-state index contributed by atoms with van der Waals surface area (Å²) in [6.07, 6.45) is 0.816. The molecule has 3 aromatic rings. The van der Waals surface area contributed by atoms with E-state index >= 15 is 0 Å². The fraction of sp³-hybridized carbons (Fsp3) is 0.154. The van der Waals surface area contributed by atoms with E-state index in [0.717, 1.165) is 28.8 Å². The van der Waals surface area contributed by atoms with Crippen molar-refractivity contribution in [3.05, 3.63) is 94.1 Å². The van der Waals surface area contributed by atoms with Crippen molar-refractivity contribution in [2.24, 2.45) is 0 Å². The van der Waals surface area contributed by atoms with Crippen LogP contribution in [0.25, 0.3) is 5.57 Å². The van der Waals surface area contributed by atoms with Gasteiger partial charge in [0.05, 0.1) is 23.4 Å². The quantitative estimate of drug-likeness (QED) is 0.531. The molecule has 2 amide bonds. The number of nitrogens with zero attached hydrogens (tertiary/aromatic N) is 2. The van der Waals surface area contributed by atoms with Gasteiger partial charge in [0, 0.05) is 12.2 Å². The molecule has 0 fully saturated rings. The number of hydrogen-bond acceptors (Lipinski definition) is 4. The second-order valence-electron chi connectivity index (χ2n) is 7.88. The molecule has 160 valence electrons. The maximum Gasteiger partial charge on any atom is 0.282 e. The molecule has 0 radical (unpaired) electrons. The number of anilines is 2. The van der Waals surface area contributed by atoms with Crippen LogP contribution in [0.3, 0.4) is 0 Å². The molecule has 32 heavy (non-hydrogen) atoms. The number of halogens is 1. The molecule has 0 spiro atoms. The lowest BCUT2D eigenvalue weighted by atomic mass is 10.0. The highest BCUT2D eigenvalue weighted by atomic mass is 35.5. The fourth-order valence-electron chi connectivity index (χ4n) is 4.35. The van der Waals surface area contributed by atoms with E-state index in [0.29, 0.717) is 34.3 Å². The Morgan fingerprint density at radius 1 is 0.938 bits per heavy atom. The summed E-state index contributed by atoms with van der Waals surface area (Å²) in [5.41, 5.74) is 5.14. The van der Waals surface area contributed by atoms with Crippen LogP contribution in [0, 0.1) is 6.92 Å². The molecule has 0 atom stereocenters. The van der Waals surface area contributed by atoms with Crippen LogP contribution in [0.5, 0.6) is 5.75 Å². The Kier molecular flexibility index (Phi) is 4.98. The minimum atomic E-state index is -0.362. The maximum absolute atomic E-state index is 13.8. The number of fused-ring (bicyclic) bond motifs is 1. The van der Waals surface area contributed by atoms with Gasteiger partial charge >= 0.3 is 0 Å². The number of benzene rings is 3. The van der Waals surface area contributed by atoms with Crippen molar-refractivity contribution < 1.29 is 14.3 Å². The Labute approximate surface area is 191 Å². The first kappa shape index (κ1) is 20.3. The van der Waals surface area contributed by atoms with Crippen molar-refractivity contribution in [1.82, 2.24) is 0 Å². The van der Waals surface area contributed by atoms with Gasteiger partial charge in [-0.2, -0.15) is 0 Å². The van der Waals surface area contributed by atoms with Crippen molar-refractivity contribution in [3.63, 3.8) is 0 Å². The van der Waals surface area contributed by atoms with Gasteiger partial charge < -0.3 is 9.64 Å². The second kappa shape index (κ2) is 7.84. The highest BCUT2D eigenvalue weighted by Gasteiger charge is 2.44. The highest BCUT2D eigenvalue weighted by Crippen LogP contribution is 2.41. The second-order valence-corrected chi connectivity index (χ2v) is 8.29. The summed E-state index contributed by atoms with van der Waals surface area (Å²) in [5, 5.41) is 0.336. The molecule has 0 bridgehead atoms. The number of aryl methyl sites for hydroxylation is 1. The summed E-state index contributed by atoms with van der Waals surface area (Å²) < 4.78 is 5.22. The molecule has 3 aromatic carbocycles. The van der Waals surface area contributed by atoms with Gasteiger partial charge in [0.2, 0.25) is 0 Å². The van der Waals surface area contributed by atoms with Crippen LogP contribution >= 0.6 is 11.6 Å². The third-order valence-electron chi connectivity index (χ3n) is 5.95. The summed E-state index contributed by atoms with van der Waals surface area (Å²) in [6, 6.07) is 20.6. The van der Waals surface area contributed by atoms with E-state index < -0.39 is 0 Å². The zero-order valence-corrected chi connectivity index (χ0v) is 18.5. The van der Waals surface area contributed by atoms with Gasteiger partial charge in [-0.1, -0.05) is 59.6 Å². The number of para-hydroxylation sites is 1. The van der Waals surface area contributed by atoms with Crippen molar-refractivity contribution in [1.29, 1.82) is 0 Å². The molecule has 2 heterocycles. The van der Waals surface area contributed by atoms with Crippen LogP contribution < -0.4 is 14.5 Å². The fourth-order valence-corrected chi connectivity index (χ4v) is 4.60. The number of carbonyl (C=O) groups excluding carboxylic acids is 2. The lowest BCUT2D eigenvalue weighted by Gasteiger charge is -2.22. The number of imide groups is 1.